The van der Waals surface area contributed by atoms with Crippen LogP contribution in [0.5, 0.6) is 0 Å². The van der Waals surface area contributed by atoms with Crippen molar-refractivity contribution in [2.24, 2.45) is 0 Å². The zero-order valence-corrected chi connectivity index (χ0v) is 9.82. The van der Waals surface area contributed by atoms with E-state index in [-0.39, 0.29) is 6.61 Å². The number of unbranched alkanes of at least 4 members (excludes halogenated alkanes) is 1. The second kappa shape index (κ2) is 8.76. The number of nitrogens with one attached hydrogen (secondary N) is 1. The third-order valence-electron chi connectivity index (χ3n) is 1.73. The number of carbonyl (C=O) groups excluding carboxylic acids is 2. The summed E-state index contributed by atoms with van der Waals surface area (Å²) in [5.41, 5.74) is 0. The van der Waals surface area contributed by atoms with E-state index < -0.39 is 18.2 Å². The maximum absolute atomic E-state index is 11.1. The lowest BCUT2D eigenvalue weighted by molar-refractivity contribution is -0.143. The van der Waals surface area contributed by atoms with Crippen LogP contribution in [0, 0.1) is 0 Å². The van der Waals surface area contributed by atoms with Crippen molar-refractivity contribution in [3.05, 3.63) is 12.7 Å². The number of hydrogen-bond acceptors (Lipinski definition) is 4. The molecule has 0 rings (SSSR count). The molecule has 1 atom stereocenters. The SMILES string of the molecule is C=CC(=O)OC(C)COC(=O)NCCCC. The summed E-state index contributed by atoms with van der Waals surface area (Å²) in [6.45, 7) is 7.57. The summed E-state index contributed by atoms with van der Waals surface area (Å²) in [5.74, 6) is -0.525. The summed E-state index contributed by atoms with van der Waals surface area (Å²) in [7, 11) is 0. The van der Waals surface area contributed by atoms with Gasteiger partial charge in [0.05, 0.1) is 0 Å². The van der Waals surface area contributed by atoms with Gasteiger partial charge in [-0.1, -0.05) is 19.9 Å². The van der Waals surface area contributed by atoms with Crippen molar-refractivity contribution in [1.29, 1.82) is 0 Å². The van der Waals surface area contributed by atoms with Gasteiger partial charge in [0.1, 0.15) is 12.7 Å². The summed E-state index contributed by atoms with van der Waals surface area (Å²) in [6, 6.07) is 0. The van der Waals surface area contributed by atoms with Crippen LogP contribution in [0.3, 0.4) is 0 Å². The summed E-state index contributed by atoms with van der Waals surface area (Å²) in [5, 5.41) is 2.58. The quantitative estimate of drug-likeness (QED) is 0.409. The molecule has 0 aliphatic carbocycles. The summed E-state index contributed by atoms with van der Waals surface area (Å²) < 4.78 is 9.65. The molecular weight excluding hydrogens is 210 g/mol. The smallest absolute Gasteiger partial charge is 0.407 e. The van der Waals surface area contributed by atoms with Crippen LogP contribution < -0.4 is 5.32 Å². The lowest BCUT2D eigenvalue weighted by Crippen LogP contribution is -2.29. The Kier molecular flexibility index (Phi) is 7.93. The van der Waals surface area contributed by atoms with Gasteiger partial charge in [-0.15, -0.1) is 0 Å². The fourth-order valence-corrected chi connectivity index (χ4v) is 0.892. The predicted octanol–water partition coefficient (Wildman–Crippen LogP) is 1.63. The van der Waals surface area contributed by atoms with Crippen molar-refractivity contribution >= 4 is 12.1 Å². The van der Waals surface area contributed by atoms with E-state index in [1.807, 2.05) is 6.92 Å². The zero-order valence-electron chi connectivity index (χ0n) is 9.82. The Labute approximate surface area is 95.8 Å². The number of carbonyl (C=O) groups is 2. The molecule has 5 nitrogen and oxygen atoms in total. The molecule has 1 unspecified atom stereocenters. The van der Waals surface area contributed by atoms with Crippen molar-refractivity contribution in [1.82, 2.24) is 5.32 Å². The van der Waals surface area contributed by atoms with Gasteiger partial charge in [0.15, 0.2) is 0 Å². The van der Waals surface area contributed by atoms with Gasteiger partial charge in [-0.2, -0.15) is 0 Å². The highest BCUT2D eigenvalue weighted by Gasteiger charge is 2.09. The summed E-state index contributed by atoms with van der Waals surface area (Å²) in [6.07, 6.45) is 2.03. The van der Waals surface area contributed by atoms with E-state index in [9.17, 15) is 9.59 Å². The highest BCUT2D eigenvalue weighted by Crippen LogP contribution is 1.94. The molecule has 0 aromatic heterocycles. The van der Waals surface area contributed by atoms with E-state index in [0.717, 1.165) is 18.9 Å². The van der Waals surface area contributed by atoms with Gasteiger partial charge in [-0.05, 0) is 13.3 Å². The molecule has 0 saturated carbocycles. The van der Waals surface area contributed by atoms with Gasteiger partial charge < -0.3 is 14.8 Å². The third kappa shape index (κ3) is 7.84. The first-order valence-electron chi connectivity index (χ1n) is 5.33. The predicted molar refractivity (Wildman–Crippen MR) is 60.0 cm³/mol. The minimum absolute atomic E-state index is 0.0392. The summed E-state index contributed by atoms with van der Waals surface area (Å²) >= 11 is 0. The van der Waals surface area contributed by atoms with Crippen LogP contribution in [0.25, 0.3) is 0 Å². The number of rotatable bonds is 7. The van der Waals surface area contributed by atoms with Crippen molar-refractivity contribution in [2.45, 2.75) is 32.8 Å². The monoisotopic (exact) mass is 229 g/mol. The van der Waals surface area contributed by atoms with Crippen molar-refractivity contribution < 1.29 is 19.1 Å². The van der Waals surface area contributed by atoms with Crippen LogP contribution in [0.1, 0.15) is 26.7 Å². The van der Waals surface area contributed by atoms with E-state index in [2.05, 4.69) is 11.9 Å². The molecule has 5 heteroatoms. The van der Waals surface area contributed by atoms with Gasteiger partial charge in [-0.3, -0.25) is 0 Å². The first-order chi connectivity index (χ1) is 7.60. The zero-order chi connectivity index (χ0) is 12.4. The molecule has 1 N–H and O–H groups in total. The second-order valence-corrected chi connectivity index (χ2v) is 3.33. The Morgan fingerprint density at radius 3 is 2.75 bits per heavy atom. The molecule has 0 aliphatic heterocycles. The molecule has 0 fully saturated rings. The molecule has 0 aromatic carbocycles. The van der Waals surface area contributed by atoms with Gasteiger partial charge in [-0.25, -0.2) is 9.59 Å². The highest BCUT2D eigenvalue weighted by atomic mass is 16.6. The highest BCUT2D eigenvalue weighted by molar-refractivity contribution is 5.81. The molecule has 0 bridgehead atoms. The molecule has 0 heterocycles. The number of esters is 1. The van der Waals surface area contributed by atoms with E-state index in [0.29, 0.717) is 6.54 Å². The first kappa shape index (κ1) is 14.5. The number of hydrogen-bond donors (Lipinski definition) is 1. The first-order valence-corrected chi connectivity index (χ1v) is 5.33. The Morgan fingerprint density at radius 2 is 2.19 bits per heavy atom. The average molecular weight is 229 g/mol. The molecule has 92 valence electrons. The lowest BCUT2D eigenvalue weighted by Gasteiger charge is -2.12. The fourth-order valence-electron chi connectivity index (χ4n) is 0.892. The standard InChI is InChI=1S/C11H19NO4/c1-4-6-7-12-11(14)15-8-9(3)16-10(13)5-2/h5,9H,2,4,6-8H2,1,3H3,(H,12,14). The minimum Gasteiger partial charge on any atom is -0.456 e. The van der Waals surface area contributed by atoms with Gasteiger partial charge in [0.25, 0.3) is 0 Å². The normalized spacial score (nSPS) is 11.4. The van der Waals surface area contributed by atoms with E-state index >= 15 is 0 Å². The molecular formula is C11H19NO4. The molecule has 16 heavy (non-hydrogen) atoms. The van der Waals surface area contributed by atoms with E-state index in [1.54, 1.807) is 6.92 Å². The Hall–Kier alpha value is -1.52. The van der Waals surface area contributed by atoms with Gasteiger partial charge in [0, 0.05) is 12.6 Å². The Morgan fingerprint density at radius 1 is 1.50 bits per heavy atom. The lowest BCUT2D eigenvalue weighted by atomic mass is 10.3. The van der Waals surface area contributed by atoms with Gasteiger partial charge >= 0.3 is 12.1 Å². The van der Waals surface area contributed by atoms with E-state index in [1.165, 1.54) is 0 Å². The van der Waals surface area contributed by atoms with Crippen LogP contribution in [0.4, 0.5) is 4.79 Å². The van der Waals surface area contributed by atoms with Crippen LogP contribution in [-0.2, 0) is 14.3 Å². The Balaban J connectivity index is 3.58. The third-order valence-corrected chi connectivity index (χ3v) is 1.73. The van der Waals surface area contributed by atoms with Crippen molar-refractivity contribution in [3.8, 4) is 0 Å². The van der Waals surface area contributed by atoms with Crippen LogP contribution >= 0.6 is 0 Å². The van der Waals surface area contributed by atoms with Crippen molar-refractivity contribution in [2.75, 3.05) is 13.2 Å². The summed E-state index contributed by atoms with van der Waals surface area (Å²) in [4.78, 5) is 21.9. The largest absolute Gasteiger partial charge is 0.456 e. The van der Waals surface area contributed by atoms with Crippen LogP contribution in [0.15, 0.2) is 12.7 Å². The van der Waals surface area contributed by atoms with Crippen LogP contribution in [0.2, 0.25) is 0 Å². The maximum Gasteiger partial charge on any atom is 0.407 e. The molecule has 0 aliphatic rings. The molecule has 0 radical (unpaired) electrons. The fraction of sp³-hybridized carbons (Fsp3) is 0.636. The average Bonchev–Trinajstić information content (AvgIpc) is 2.26. The van der Waals surface area contributed by atoms with Crippen LogP contribution in [-0.4, -0.2) is 31.3 Å². The maximum atomic E-state index is 11.1. The molecule has 0 aromatic rings. The number of amides is 1. The van der Waals surface area contributed by atoms with Crippen molar-refractivity contribution in [3.63, 3.8) is 0 Å². The Bertz CT molecular complexity index is 240. The van der Waals surface area contributed by atoms with Gasteiger partial charge in [0.2, 0.25) is 0 Å². The topological polar surface area (TPSA) is 64.6 Å². The molecule has 0 spiro atoms. The van der Waals surface area contributed by atoms with E-state index in [4.69, 9.17) is 9.47 Å². The molecule has 0 saturated heterocycles. The second-order valence-electron chi connectivity index (χ2n) is 3.33. The number of alkyl carbamates (subject to hydrolysis) is 1. The molecule has 1 amide bonds. The number of ether oxygens (including phenoxy) is 2. The minimum atomic E-state index is -0.525.